The molecule has 1 fully saturated rings. The molecule has 92 valence electrons. The van der Waals surface area contributed by atoms with Gasteiger partial charge >= 0.3 is 0 Å². The summed E-state index contributed by atoms with van der Waals surface area (Å²) < 4.78 is 0. The highest BCUT2D eigenvalue weighted by atomic mass is 32.2. The fourth-order valence-electron chi connectivity index (χ4n) is 2.48. The molecule has 1 saturated heterocycles. The summed E-state index contributed by atoms with van der Waals surface area (Å²) in [7, 11) is 0. The number of rotatable bonds is 1. The predicted molar refractivity (Wildman–Crippen MR) is 70.5 cm³/mol. The maximum atomic E-state index is 11.9. The first kappa shape index (κ1) is 11.1. The molecule has 1 aromatic rings. The maximum Gasteiger partial charge on any atom is 0.256 e. The van der Waals surface area contributed by atoms with Crippen molar-refractivity contribution in [1.29, 1.82) is 0 Å². The minimum Gasteiger partial charge on any atom is -0.342 e. The largest absolute Gasteiger partial charge is 0.342 e. The second-order valence-corrected chi connectivity index (χ2v) is 5.69. The molecule has 0 radical (unpaired) electrons. The highest BCUT2D eigenvalue weighted by molar-refractivity contribution is 7.98. The SMILES string of the molecule is O=c1[nH]c(N2CCCCCC2)nc2c1CSC2. The molecule has 3 rings (SSSR count). The van der Waals surface area contributed by atoms with E-state index in [1.54, 1.807) is 11.8 Å². The molecule has 5 heteroatoms. The lowest BCUT2D eigenvalue weighted by atomic mass is 10.2. The van der Waals surface area contributed by atoms with Gasteiger partial charge in [-0.15, -0.1) is 0 Å². The molecule has 3 heterocycles. The molecular formula is C12H17N3OS. The van der Waals surface area contributed by atoms with E-state index in [-0.39, 0.29) is 5.56 Å². The topological polar surface area (TPSA) is 49.0 Å². The summed E-state index contributed by atoms with van der Waals surface area (Å²) in [6, 6.07) is 0. The first-order valence-electron chi connectivity index (χ1n) is 6.29. The van der Waals surface area contributed by atoms with Crippen LogP contribution in [-0.2, 0) is 11.5 Å². The summed E-state index contributed by atoms with van der Waals surface area (Å²) in [5.41, 5.74) is 1.95. The van der Waals surface area contributed by atoms with Crippen molar-refractivity contribution < 1.29 is 0 Å². The van der Waals surface area contributed by atoms with Gasteiger partial charge in [-0.2, -0.15) is 11.8 Å². The van der Waals surface area contributed by atoms with Crippen molar-refractivity contribution in [2.24, 2.45) is 0 Å². The van der Waals surface area contributed by atoms with Crippen LogP contribution < -0.4 is 10.5 Å². The third kappa shape index (κ3) is 2.20. The van der Waals surface area contributed by atoms with Gasteiger partial charge in [0.15, 0.2) is 0 Å². The van der Waals surface area contributed by atoms with E-state index in [1.165, 1.54) is 25.7 Å². The minimum atomic E-state index is 0.0687. The molecule has 0 aliphatic carbocycles. The second kappa shape index (κ2) is 4.72. The number of hydrogen-bond acceptors (Lipinski definition) is 4. The van der Waals surface area contributed by atoms with Crippen LogP contribution in [0.2, 0.25) is 0 Å². The monoisotopic (exact) mass is 251 g/mol. The average Bonchev–Trinajstić information content (AvgIpc) is 2.63. The standard InChI is InChI=1S/C12H17N3OS/c16-11-9-7-17-8-10(9)13-12(14-11)15-5-3-1-2-4-6-15/h1-8H2,(H,13,14,16). The highest BCUT2D eigenvalue weighted by Gasteiger charge is 2.20. The predicted octanol–water partition coefficient (Wildman–Crippen LogP) is 1.90. The molecule has 0 saturated carbocycles. The zero-order chi connectivity index (χ0) is 11.7. The summed E-state index contributed by atoms with van der Waals surface area (Å²) in [5, 5.41) is 0. The average molecular weight is 251 g/mol. The number of aromatic amines is 1. The fourth-order valence-corrected chi connectivity index (χ4v) is 3.52. The molecule has 4 nitrogen and oxygen atoms in total. The van der Waals surface area contributed by atoms with Gasteiger partial charge in [-0.25, -0.2) is 4.98 Å². The highest BCUT2D eigenvalue weighted by Crippen LogP contribution is 2.26. The normalized spacial score (nSPS) is 20.1. The Balaban J connectivity index is 1.92. The van der Waals surface area contributed by atoms with E-state index in [4.69, 9.17) is 0 Å². The van der Waals surface area contributed by atoms with Crippen molar-refractivity contribution in [2.75, 3.05) is 18.0 Å². The van der Waals surface area contributed by atoms with Gasteiger partial charge in [0.2, 0.25) is 5.95 Å². The minimum absolute atomic E-state index is 0.0687. The molecule has 1 aromatic heterocycles. The maximum absolute atomic E-state index is 11.9. The van der Waals surface area contributed by atoms with Crippen molar-refractivity contribution in [2.45, 2.75) is 37.2 Å². The van der Waals surface area contributed by atoms with Crippen molar-refractivity contribution in [3.63, 3.8) is 0 Å². The molecule has 0 amide bonds. The number of hydrogen-bond donors (Lipinski definition) is 1. The molecule has 1 N–H and O–H groups in total. The molecule has 2 aliphatic rings. The van der Waals surface area contributed by atoms with E-state index >= 15 is 0 Å². The van der Waals surface area contributed by atoms with E-state index < -0.39 is 0 Å². The Morgan fingerprint density at radius 2 is 1.88 bits per heavy atom. The summed E-state index contributed by atoms with van der Waals surface area (Å²) in [6.45, 7) is 2.05. The van der Waals surface area contributed by atoms with Gasteiger partial charge in [-0.05, 0) is 12.8 Å². The number of aromatic nitrogens is 2. The Hall–Kier alpha value is -0.970. The molecule has 2 aliphatic heterocycles. The van der Waals surface area contributed by atoms with E-state index in [1.807, 2.05) is 0 Å². The molecule has 17 heavy (non-hydrogen) atoms. The van der Waals surface area contributed by atoms with Crippen molar-refractivity contribution in [1.82, 2.24) is 9.97 Å². The molecule has 0 spiro atoms. The summed E-state index contributed by atoms with van der Waals surface area (Å²) >= 11 is 1.78. The number of H-pyrrole nitrogens is 1. The van der Waals surface area contributed by atoms with Gasteiger partial charge in [0.25, 0.3) is 5.56 Å². The number of anilines is 1. The van der Waals surface area contributed by atoms with Gasteiger partial charge in [0.1, 0.15) is 0 Å². The zero-order valence-electron chi connectivity index (χ0n) is 9.87. The van der Waals surface area contributed by atoms with Crippen LogP contribution in [0, 0.1) is 0 Å². The smallest absolute Gasteiger partial charge is 0.256 e. The van der Waals surface area contributed by atoms with E-state index in [0.717, 1.165) is 41.8 Å². The van der Waals surface area contributed by atoms with E-state index in [9.17, 15) is 4.79 Å². The lowest BCUT2D eigenvalue weighted by Gasteiger charge is -2.21. The van der Waals surface area contributed by atoms with Crippen LogP contribution in [-0.4, -0.2) is 23.1 Å². The second-order valence-electron chi connectivity index (χ2n) is 4.71. The van der Waals surface area contributed by atoms with Crippen LogP contribution in [0.5, 0.6) is 0 Å². The number of nitrogens with zero attached hydrogens (tertiary/aromatic N) is 2. The van der Waals surface area contributed by atoms with Crippen LogP contribution in [0.3, 0.4) is 0 Å². The first-order valence-corrected chi connectivity index (χ1v) is 7.45. The Labute approximate surface area is 105 Å². The Morgan fingerprint density at radius 1 is 1.12 bits per heavy atom. The van der Waals surface area contributed by atoms with E-state index in [0.29, 0.717) is 0 Å². The first-order chi connectivity index (χ1) is 8.34. The number of nitrogens with one attached hydrogen (secondary N) is 1. The van der Waals surface area contributed by atoms with Gasteiger partial charge in [0, 0.05) is 30.2 Å². The van der Waals surface area contributed by atoms with Crippen LogP contribution in [0.1, 0.15) is 36.9 Å². The Bertz CT molecular complexity index is 463. The molecule has 0 unspecified atom stereocenters. The Morgan fingerprint density at radius 3 is 2.65 bits per heavy atom. The van der Waals surface area contributed by atoms with Crippen LogP contribution in [0.15, 0.2) is 4.79 Å². The fraction of sp³-hybridized carbons (Fsp3) is 0.667. The van der Waals surface area contributed by atoms with Gasteiger partial charge in [-0.1, -0.05) is 12.8 Å². The third-order valence-corrected chi connectivity index (χ3v) is 4.45. The molecule has 0 bridgehead atoms. The molecule has 0 aromatic carbocycles. The third-order valence-electron chi connectivity index (χ3n) is 3.48. The van der Waals surface area contributed by atoms with E-state index in [2.05, 4.69) is 14.9 Å². The molecular weight excluding hydrogens is 234 g/mol. The van der Waals surface area contributed by atoms with Crippen molar-refractivity contribution >= 4 is 17.7 Å². The number of fused-ring (bicyclic) bond motifs is 1. The molecule has 0 atom stereocenters. The quantitative estimate of drug-likeness (QED) is 0.828. The van der Waals surface area contributed by atoms with Gasteiger partial charge in [-0.3, -0.25) is 9.78 Å². The lowest BCUT2D eigenvalue weighted by molar-refractivity contribution is 0.726. The van der Waals surface area contributed by atoms with Crippen molar-refractivity contribution in [3.05, 3.63) is 21.6 Å². The lowest BCUT2D eigenvalue weighted by Crippen LogP contribution is -2.29. The summed E-state index contributed by atoms with van der Waals surface area (Å²) in [5.74, 6) is 2.50. The van der Waals surface area contributed by atoms with Gasteiger partial charge < -0.3 is 4.90 Å². The van der Waals surface area contributed by atoms with Crippen LogP contribution in [0.25, 0.3) is 0 Å². The van der Waals surface area contributed by atoms with Crippen LogP contribution in [0.4, 0.5) is 5.95 Å². The zero-order valence-corrected chi connectivity index (χ0v) is 10.7. The Kier molecular flexibility index (Phi) is 3.09. The number of thioether (sulfide) groups is 1. The van der Waals surface area contributed by atoms with Crippen molar-refractivity contribution in [3.8, 4) is 0 Å². The summed E-state index contributed by atoms with van der Waals surface area (Å²) in [4.78, 5) is 21.7. The van der Waals surface area contributed by atoms with Crippen LogP contribution >= 0.6 is 11.8 Å². The van der Waals surface area contributed by atoms with Gasteiger partial charge in [0.05, 0.1) is 5.69 Å². The summed E-state index contributed by atoms with van der Waals surface area (Å²) in [6.07, 6.45) is 4.99.